The molecule has 3 N–H and O–H groups in total. The highest BCUT2D eigenvalue weighted by Crippen LogP contribution is 2.39. The summed E-state index contributed by atoms with van der Waals surface area (Å²) in [7, 11) is 0. The molecule has 0 saturated heterocycles. The van der Waals surface area contributed by atoms with Gasteiger partial charge in [0, 0.05) is 4.88 Å². The van der Waals surface area contributed by atoms with Gasteiger partial charge in [0.1, 0.15) is 4.88 Å². The Labute approximate surface area is 86.6 Å². The van der Waals surface area contributed by atoms with Crippen molar-refractivity contribution in [2.24, 2.45) is 0 Å². The lowest BCUT2D eigenvalue weighted by Crippen LogP contribution is -1.96. The van der Waals surface area contributed by atoms with Crippen molar-refractivity contribution in [1.82, 2.24) is 0 Å². The molecule has 0 unspecified atom stereocenters. The zero-order valence-corrected chi connectivity index (χ0v) is 8.64. The zero-order valence-electron chi connectivity index (χ0n) is 7.82. The summed E-state index contributed by atoms with van der Waals surface area (Å²) >= 11 is 1.34. The fourth-order valence-corrected chi connectivity index (χ4v) is 3.09. The molecular formula is C10H13NO2S. The molecule has 1 heterocycles. The molecule has 1 aromatic rings. The molecule has 1 aromatic heterocycles. The van der Waals surface area contributed by atoms with Gasteiger partial charge in [-0.25, -0.2) is 4.79 Å². The maximum absolute atomic E-state index is 10.8. The minimum atomic E-state index is -0.906. The molecule has 2 rings (SSSR count). The average molecular weight is 211 g/mol. The lowest BCUT2D eigenvalue weighted by atomic mass is 10.1. The van der Waals surface area contributed by atoms with Gasteiger partial charge in [0.25, 0.3) is 0 Å². The number of carboxylic acids is 1. The van der Waals surface area contributed by atoms with Crippen LogP contribution >= 0.6 is 11.3 Å². The Hall–Kier alpha value is -1.03. The predicted octanol–water partition coefficient (Wildman–Crippen LogP) is 2.69. The second-order valence-corrected chi connectivity index (χ2v) is 4.80. The van der Waals surface area contributed by atoms with Gasteiger partial charge in [0.05, 0.1) is 5.69 Å². The normalized spacial score (nSPS) is 17.4. The number of hydrogen-bond donors (Lipinski definition) is 2. The summed E-state index contributed by atoms with van der Waals surface area (Å²) in [5.41, 5.74) is 6.06. The van der Waals surface area contributed by atoms with Crippen LogP contribution in [0.5, 0.6) is 0 Å². The van der Waals surface area contributed by atoms with Crippen molar-refractivity contribution < 1.29 is 9.90 Å². The summed E-state index contributed by atoms with van der Waals surface area (Å²) in [5, 5.41) is 8.85. The number of aromatic carboxylic acids is 1. The number of thiophene rings is 1. The first kappa shape index (κ1) is 9.52. The molecule has 1 saturated carbocycles. The van der Waals surface area contributed by atoms with Crippen molar-refractivity contribution in [3.63, 3.8) is 0 Å². The van der Waals surface area contributed by atoms with Crippen LogP contribution in [-0.2, 0) is 0 Å². The average Bonchev–Trinajstić information content (AvgIpc) is 2.70. The van der Waals surface area contributed by atoms with E-state index in [1.165, 1.54) is 37.0 Å². The van der Waals surface area contributed by atoms with Crippen LogP contribution in [0.2, 0.25) is 0 Å². The summed E-state index contributed by atoms with van der Waals surface area (Å²) in [5.74, 6) is -0.354. The molecule has 0 bridgehead atoms. The third kappa shape index (κ3) is 1.62. The van der Waals surface area contributed by atoms with Crippen molar-refractivity contribution in [2.75, 3.05) is 5.73 Å². The van der Waals surface area contributed by atoms with E-state index in [1.807, 2.05) is 6.07 Å². The van der Waals surface area contributed by atoms with E-state index in [2.05, 4.69) is 0 Å². The number of nitrogens with two attached hydrogens (primary N) is 1. The summed E-state index contributed by atoms with van der Waals surface area (Å²) < 4.78 is 0. The summed E-state index contributed by atoms with van der Waals surface area (Å²) in [6.45, 7) is 0. The Morgan fingerprint density at radius 3 is 2.64 bits per heavy atom. The monoisotopic (exact) mass is 211 g/mol. The largest absolute Gasteiger partial charge is 0.477 e. The van der Waals surface area contributed by atoms with Crippen LogP contribution in [0.15, 0.2) is 6.07 Å². The molecule has 0 aromatic carbocycles. The van der Waals surface area contributed by atoms with Gasteiger partial charge in [0.2, 0.25) is 0 Å². The zero-order chi connectivity index (χ0) is 10.1. The van der Waals surface area contributed by atoms with Crippen molar-refractivity contribution in [3.8, 4) is 0 Å². The van der Waals surface area contributed by atoms with Crippen LogP contribution in [0.25, 0.3) is 0 Å². The first-order valence-corrected chi connectivity index (χ1v) is 5.62. The summed E-state index contributed by atoms with van der Waals surface area (Å²) in [4.78, 5) is 12.2. The Kier molecular flexibility index (Phi) is 2.46. The topological polar surface area (TPSA) is 63.3 Å². The Morgan fingerprint density at radius 2 is 2.14 bits per heavy atom. The Balaban J connectivity index is 2.27. The number of rotatable bonds is 2. The van der Waals surface area contributed by atoms with E-state index in [4.69, 9.17) is 10.8 Å². The van der Waals surface area contributed by atoms with E-state index in [-0.39, 0.29) is 0 Å². The maximum Gasteiger partial charge on any atom is 0.348 e. The standard InChI is InChI=1S/C10H13NO2S/c11-7-5-8(6-3-1-2-4-6)14-9(7)10(12)13/h5-6H,1-4,11H2,(H,12,13). The molecule has 1 aliphatic carbocycles. The molecule has 4 heteroatoms. The van der Waals surface area contributed by atoms with Crippen LogP contribution in [0.3, 0.4) is 0 Å². The minimum absolute atomic E-state index is 0.298. The highest BCUT2D eigenvalue weighted by Gasteiger charge is 2.22. The maximum atomic E-state index is 10.8. The fourth-order valence-electron chi connectivity index (χ4n) is 2.00. The van der Waals surface area contributed by atoms with Gasteiger partial charge in [-0.05, 0) is 24.8 Å². The fraction of sp³-hybridized carbons (Fsp3) is 0.500. The van der Waals surface area contributed by atoms with Crippen LogP contribution < -0.4 is 5.73 Å². The van der Waals surface area contributed by atoms with E-state index in [9.17, 15) is 4.79 Å². The van der Waals surface area contributed by atoms with E-state index >= 15 is 0 Å². The molecule has 0 amide bonds. The Morgan fingerprint density at radius 1 is 1.50 bits per heavy atom. The molecule has 14 heavy (non-hydrogen) atoms. The third-order valence-electron chi connectivity index (χ3n) is 2.73. The van der Waals surface area contributed by atoms with Crippen molar-refractivity contribution in [2.45, 2.75) is 31.6 Å². The number of nitrogen functional groups attached to an aromatic ring is 1. The molecule has 0 aliphatic heterocycles. The van der Waals surface area contributed by atoms with Gasteiger partial charge in [-0.1, -0.05) is 12.8 Å². The molecule has 0 radical (unpaired) electrons. The van der Waals surface area contributed by atoms with Gasteiger partial charge in [-0.3, -0.25) is 0 Å². The third-order valence-corrected chi connectivity index (χ3v) is 4.03. The molecule has 0 spiro atoms. The molecule has 76 valence electrons. The van der Waals surface area contributed by atoms with Crippen molar-refractivity contribution in [3.05, 3.63) is 15.8 Å². The quantitative estimate of drug-likeness (QED) is 0.790. The molecule has 0 atom stereocenters. The smallest absolute Gasteiger partial charge is 0.348 e. The van der Waals surface area contributed by atoms with E-state index in [0.29, 0.717) is 16.5 Å². The second kappa shape index (κ2) is 3.61. The van der Waals surface area contributed by atoms with Crippen LogP contribution in [0, 0.1) is 0 Å². The van der Waals surface area contributed by atoms with E-state index in [1.54, 1.807) is 0 Å². The molecule has 3 nitrogen and oxygen atoms in total. The summed E-state index contributed by atoms with van der Waals surface area (Å²) in [6, 6.07) is 1.84. The van der Waals surface area contributed by atoms with Crippen molar-refractivity contribution >= 4 is 23.0 Å². The van der Waals surface area contributed by atoms with Gasteiger partial charge >= 0.3 is 5.97 Å². The van der Waals surface area contributed by atoms with Gasteiger partial charge in [-0.2, -0.15) is 0 Å². The molecule has 1 fully saturated rings. The van der Waals surface area contributed by atoms with Crippen LogP contribution in [0.1, 0.15) is 46.2 Å². The summed E-state index contributed by atoms with van der Waals surface area (Å²) in [6.07, 6.45) is 4.87. The van der Waals surface area contributed by atoms with E-state index in [0.717, 1.165) is 4.88 Å². The minimum Gasteiger partial charge on any atom is -0.477 e. The number of carbonyl (C=O) groups is 1. The van der Waals surface area contributed by atoms with Gasteiger partial charge in [-0.15, -0.1) is 11.3 Å². The lowest BCUT2D eigenvalue weighted by molar-refractivity contribution is 0.0703. The molecule has 1 aliphatic rings. The van der Waals surface area contributed by atoms with Gasteiger partial charge < -0.3 is 10.8 Å². The first-order valence-electron chi connectivity index (χ1n) is 4.81. The number of carboxylic acid groups (broad SMARTS) is 1. The number of hydrogen-bond acceptors (Lipinski definition) is 3. The first-order chi connectivity index (χ1) is 6.68. The van der Waals surface area contributed by atoms with Gasteiger partial charge in [0.15, 0.2) is 0 Å². The van der Waals surface area contributed by atoms with Crippen molar-refractivity contribution in [1.29, 1.82) is 0 Å². The van der Waals surface area contributed by atoms with Crippen LogP contribution in [0.4, 0.5) is 5.69 Å². The predicted molar refractivity (Wildman–Crippen MR) is 56.9 cm³/mol. The number of anilines is 1. The lowest BCUT2D eigenvalue weighted by Gasteiger charge is -2.03. The second-order valence-electron chi connectivity index (χ2n) is 3.72. The van der Waals surface area contributed by atoms with Crippen LogP contribution in [-0.4, -0.2) is 11.1 Å². The SMILES string of the molecule is Nc1cc(C2CCCC2)sc1C(=O)O. The highest BCUT2D eigenvalue weighted by molar-refractivity contribution is 7.14. The Bertz CT molecular complexity index is 353. The van der Waals surface area contributed by atoms with E-state index < -0.39 is 5.97 Å². The molecular weight excluding hydrogens is 198 g/mol. The highest BCUT2D eigenvalue weighted by atomic mass is 32.1.